The number of hydrogen-bond acceptors (Lipinski definition) is 23. The number of carbonyl (C=O) groups excluding carboxylic acids is 1. The minimum Gasteiger partial charge on any atom is -0.481 e. The van der Waals surface area contributed by atoms with Gasteiger partial charge in [-0.3, -0.25) is 9.59 Å². The Balaban J connectivity index is 3.08. The molecule has 0 bridgehead atoms. The molecule has 0 saturated heterocycles. The molecule has 0 unspecified atom stereocenters. The van der Waals surface area contributed by atoms with Crippen LogP contribution in [0.25, 0.3) is 0 Å². The lowest BCUT2D eigenvalue weighted by Gasteiger charge is -2.09. The average Bonchev–Trinajstić information content (AvgIpc) is 3.34. The van der Waals surface area contributed by atoms with Gasteiger partial charge in [0, 0.05) is 12.7 Å². The van der Waals surface area contributed by atoms with Crippen LogP contribution in [0.1, 0.15) is 13.3 Å². The van der Waals surface area contributed by atoms with Gasteiger partial charge in [0.25, 0.3) is 0 Å². The summed E-state index contributed by atoms with van der Waals surface area (Å²) in [6.07, 6.45) is -0.00903. The summed E-state index contributed by atoms with van der Waals surface area (Å²) in [5.74, 6) is -0.213. The fraction of sp³-hybridized carbons (Fsp3) is 0.956. The lowest BCUT2D eigenvalue weighted by atomic mass is 10.5. The number of ether oxygens (including phenoxy) is 20. The fourth-order valence-electron chi connectivity index (χ4n) is 4.68. The van der Waals surface area contributed by atoms with Gasteiger partial charge in [-0.25, -0.2) is 0 Å². The highest BCUT2D eigenvalue weighted by Gasteiger charge is 2.00. The molecular weight excluding hydrogens is 941 g/mol. The second-order valence-electron chi connectivity index (χ2n) is 13.7. The van der Waals surface area contributed by atoms with Gasteiger partial charge in [0.15, 0.2) is 5.12 Å². The molecular formula is C45H88O23S. The zero-order valence-electron chi connectivity index (χ0n) is 41.5. The summed E-state index contributed by atoms with van der Waals surface area (Å²) in [7, 11) is 0. The summed E-state index contributed by atoms with van der Waals surface area (Å²) in [5.41, 5.74) is 0. The molecule has 0 fully saturated rings. The second-order valence-corrected chi connectivity index (χ2v) is 15.0. The molecule has 23 nitrogen and oxygen atoms in total. The molecule has 0 aromatic rings. The van der Waals surface area contributed by atoms with Crippen LogP contribution in [-0.2, 0) is 104 Å². The molecule has 0 spiro atoms. The molecule has 1 N–H and O–H groups in total. The van der Waals surface area contributed by atoms with Crippen molar-refractivity contribution >= 4 is 22.8 Å². The van der Waals surface area contributed by atoms with Crippen molar-refractivity contribution in [2.45, 2.75) is 13.3 Å². The Morgan fingerprint density at radius 3 is 0.507 bits per heavy atom. The van der Waals surface area contributed by atoms with Gasteiger partial charge in [0.05, 0.1) is 271 Å². The molecule has 0 aliphatic heterocycles. The molecule has 0 heterocycles. The van der Waals surface area contributed by atoms with Gasteiger partial charge >= 0.3 is 5.97 Å². The molecule has 0 radical (unpaired) electrons. The van der Waals surface area contributed by atoms with E-state index in [0.29, 0.717) is 263 Å². The minimum atomic E-state index is -0.879. The first-order valence-electron chi connectivity index (χ1n) is 24.0. The predicted molar refractivity (Wildman–Crippen MR) is 252 cm³/mol. The molecule has 0 rings (SSSR count). The van der Waals surface area contributed by atoms with Crippen LogP contribution in [0, 0.1) is 0 Å². The molecule has 69 heavy (non-hydrogen) atoms. The number of carbonyl (C=O) groups is 2. The van der Waals surface area contributed by atoms with Crippen LogP contribution >= 0.6 is 11.8 Å². The third kappa shape index (κ3) is 66.7. The summed E-state index contributed by atoms with van der Waals surface area (Å²) in [6, 6.07) is 0. The first-order valence-corrected chi connectivity index (χ1v) is 25.0. The highest BCUT2D eigenvalue weighted by molar-refractivity contribution is 8.13. The summed E-state index contributed by atoms with van der Waals surface area (Å²) in [5, 5.41) is 8.61. The third-order valence-corrected chi connectivity index (χ3v) is 8.84. The van der Waals surface area contributed by atoms with Gasteiger partial charge in [0.2, 0.25) is 0 Å². The van der Waals surface area contributed by atoms with Crippen LogP contribution < -0.4 is 0 Å². The van der Waals surface area contributed by atoms with Crippen LogP contribution in [0.3, 0.4) is 0 Å². The Morgan fingerprint density at radius 1 is 0.246 bits per heavy atom. The van der Waals surface area contributed by atoms with Crippen molar-refractivity contribution in [3.8, 4) is 0 Å². The molecule has 0 aromatic carbocycles. The van der Waals surface area contributed by atoms with Gasteiger partial charge in [-0.2, -0.15) is 0 Å². The van der Waals surface area contributed by atoms with Gasteiger partial charge in [-0.15, -0.1) is 0 Å². The average molecular weight is 1030 g/mol. The van der Waals surface area contributed by atoms with E-state index in [-0.39, 0.29) is 18.1 Å². The van der Waals surface area contributed by atoms with E-state index in [1.807, 2.05) is 0 Å². The van der Waals surface area contributed by atoms with Gasteiger partial charge in [0.1, 0.15) is 0 Å². The molecule has 0 aliphatic carbocycles. The number of rotatable bonds is 63. The van der Waals surface area contributed by atoms with Crippen LogP contribution in [0.2, 0.25) is 0 Å². The summed E-state index contributed by atoms with van der Waals surface area (Å²) < 4.78 is 109. The van der Waals surface area contributed by atoms with Gasteiger partial charge in [-0.05, 0) is 0 Å². The largest absolute Gasteiger partial charge is 0.481 e. The van der Waals surface area contributed by atoms with E-state index in [4.69, 9.17) is 99.8 Å². The SMILES string of the molecule is CC(=O)SCCOCCOCCOCCOCCOCCOCCOCCOCCOCCOCCOCCOCCOCCOCCOCCOCCOCCOCCOCCOCCC(=O)O. The number of hydrogen-bond donors (Lipinski definition) is 1. The van der Waals surface area contributed by atoms with Gasteiger partial charge in [-0.1, -0.05) is 11.8 Å². The molecule has 412 valence electrons. The quantitative estimate of drug-likeness (QED) is 0.0839. The van der Waals surface area contributed by atoms with Crippen molar-refractivity contribution in [2.24, 2.45) is 0 Å². The number of aliphatic carboxylic acids is 1. The number of carboxylic acid groups (broad SMARTS) is 1. The lowest BCUT2D eigenvalue weighted by molar-refractivity contribution is -0.138. The second kappa shape index (κ2) is 62.8. The maximum atomic E-state index is 10.8. The van der Waals surface area contributed by atoms with E-state index in [0.717, 1.165) is 0 Å². The molecule has 0 saturated carbocycles. The fourth-order valence-corrected chi connectivity index (χ4v) is 5.17. The van der Waals surface area contributed by atoms with Crippen LogP contribution in [0.4, 0.5) is 0 Å². The smallest absolute Gasteiger partial charge is 0.305 e. The molecule has 0 aliphatic rings. The Bertz CT molecular complexity index is 923. The Morgan fingerprint density at radius 2 is 0.377 bits per heavy atom. The highest BCUT2D eigenvalue weighted by Crippen LogP contribution is 1.99. The predicted octanol–water partition coefficient (Wildman–Crippen LogP) is 1.07. The maximum Gasteiger partial charge on any atom is 0.305 e. The minimum absolute atomic E-state index is 0.00903. The molecule has 0 aromatic heterocycles. The summed E-state index contributed by atoms with van der Waals surface area (Å²) in [6.45, 7) is 20.4. The standard InChI is InChI=1S/C45H88O23S/c1-44(46)69-43-42-68-41-40-67-39-38-66-37-36-65-35-34-64-33-32-63-31-30-62-29-28-61-27-26-60-25-24-59-23-22-58-21-20-57-19-18-56-17-16-55-15-14-54-13-12-53-11-10-52-9-8-51-7-6-50-5-4-49-3-2-45(47)48/h2-43H2,1H3,(H,47,48). The van der Waals surface area contributed by atoms with E-state index in [1.54, 1.807) is 6.92 Å². The third-order valence-electron chi connectivity index (χ3n) is 8.06. The van der Waals surface area contributed by atoms with E-state index in [1.165, 1.54) is 11.8 Å². The normalized spacial score (nSPS) is 11.6. The van der Waals surface area contributed by atoms with E-state index < -0.39 is 5.97 Å². The zero-order chi connectivity index (χ0) is 49.7. The number of carboxylic acids is 1. The molecule has 0 amide bonds. The van der Waals surface area contributed by atoms with Crippen LogP contribution in [0.15, 0.2) is 0 Å². The highest BCUT2D eigenvalue weighted by atomic mass is 32.2. The van der Waals surface area contributed by atoms with Crippen molar-refractivity contribution in [1.29, 1.82) is 0 Å². The van der Waals surface area contributed by atoms with E-state index >= 15 is 0 Å². The summed E-state index contributed by atoms with van der Waals surface area (Å²) in [4.78, 5) is 21.2. The molecule has 0 atom stereocenters. The van der Waals surface area contributed by atoms with Crippen LogP contribution in [0.5, 0.6) is 0 Å². The summed E-state index contributed by atoms with van der Waals surface area (Å²) >= 11 is 1.26. The zero-order valence-corrected chi connectivity index (χ0v) is 42.4. The lowest BCUT2D eigenvalue weighted by Crippen LogP contribution is -2.16. The Labute approximate surface area is 414 Å². The van der Waals surface area contributed by atoms with Crippen molar-refractivity contribution in [3.05, 3.63) is 0 Å². The first kappa shape index (κ1) is 67.7. The first-order chi connectivity index (χ1) is 34.1. The van der Waals surface area contributed by atoms with Crippen molar-refractivity contribution in [3.63, 3.8) is 0 Å². The Hall–Kier alpha value is -1.31. The number of thioether (sulfide) groups is 1. The van der Waals surface area contributed by atoms with E-state index in [9.17, 15) is 9.59 Å². The monoisotopic (exact) mass is 1030 g/mol. The van der Waals surface area contributed by atoms with Crippen molar-refractivity contribution in [1.82, 2.24) is 0 Å². The molecule has 24 heteroatoms. The van der Waals surface area contributed by atoms with Gasteiger partial charge < -0.3 is 99.8 Å². The van der Waals surface area contributed by atoms with Crippen LogP contribution in [-0.4, -0.2) is 286 Å². The van der Waals surface area contributed by atoms with Crippen molar-refractivity contribution < 1.29 is 109 Å². The Kier molecular flexibility index (Phi) is 61.6. The van der Waals surface area contributed by atoms with Crippen molar-refractivity contribution in [2.75, 3.05) is 270 Å². The van der Waals surface area contributed by atoms with E-state index in [2.05, 4.69) is 0 Å². The topological polar surface area (TPSA) is 239 Å². The maximum absolute atomic E-state index is 10.8.